The van der Waals surface area contributed by atoms with Crippen molar-refractivity contribution in [1.29, 1.82) is 0 Å². The number of carbonyl (C=O) groups excluding carboxylic acids is 1. The molecule has 1 aromatic heterocycles. The zero-order chi connectivity index (χ0) is 17.5. The lowest BCUT2D eigenvalue weighted by atomic mass is 10.0. The number of hydrogen-bond donors (Lipinski definition) is 5. The van der Waals surface area contributed by atoms with Crippen LogP contribution in [0.25, 0.3) is 0 Å². The zero-order valence-electron chi connectivity index (χ0n) is 13.0. The zero-order valence-corrected chi connectivity index (χ0v) is 13.8. The maximum Gasteiger partial charge on any atom is 0.346 e. The molecule has 0 aromatic carbocycles. The number of rotatable bonds is 5. The number of nitrogen functional groups attached to an aromatic ring is 1. The normalized spacial score (nSPS) is 24.3. The molecule has 0 radical (unpaired) electrons. The van der Waals surface area contributed by atoms with Gasteiger partial charge in [0.05, 0.1) is 12.1 Å². The number of unbranched alkanes of at least 4 members (excludes halogenated alkanes) is 1. The lowest BCUT2D eigenvalue weighted by molar-refractivity contribution is -0.137. The number of thioether (sulfide) groups is 1. The standard InChI is InChI=1S/C10H16N2O3S.C4H5N3O/c13-8(14)4-2-1-3-7-9-6(5-16-7)11-10(15)12-9;5-3-1-2-6-4(8)7-3/h6-7,9H,1-5H2,(H,13,14)(H2,11,12,15);1-2H,(H3,5,6,7,8)/t6-,7-,9-;/m0./s1. The molecule has 2 fully saturated rings. The number of aliphatic carboxylic acids is 1. The number of anilines is 1. The highest BCUT2D eigenvalue weighted by molar-refractivity contribution is 8.00. The molecule has 0 aliphatic carbocycles. The van der Waals surface area contributed by atoms with Gasteiger partial charge in [0, 0.05) is 23.6 Å². The van der Waals surface area contributed by atoms with Crippen LogP contribution in [0.2, 0.25) is 0 Å². The number of aromatic nitrogens is 2. The molecule has 0 spiro atoms. The second-order valence-corrected chi connectivity index (χ2v) is 6.86. The van der Waals surface area contributed by atoms with Crippen LogP contribution in [0.15, 0.2) is 17.1 Å². The Labute approximate surface area is 142 Å². The largest absolute Gasteiger partial charge is 0.481 e. The van der Waals surface area contributed by atoms with Gasteiger partial charge >= 0.3 is 17.7 Å². The summed E-state index contributed by atoms with van der Waals surface area (Å²) >= 11 is 1.87. The van der Waals surface area contributed by atoms with E-state index in [-0.39, 0.29) is 24.5 Å². The molecule has 0 unspecified atom stereocenters. The summed E-state index contributed by atoms with van der Waals surface area (Å²) in [5.74, 6) is 0.574. The molecule has 1 aromatic rings. The number of amides is 2. The van der Waals surface area contributed by atoms with Crippen molar-refractivity contribution < 1.29 is 14.7 Å². The number of nitrogens with one attached hydrogen (secondary N) is 3. The fourth-order valence-electron chi connectivity index (χ4n) is 2.65. The van der Waals surface area contributed by atoms with E-state index in [1.165, 1.54) is 12.3 Å². The molecule has 24 heavy (non-hydrogen) atoms. The van der Waals surface area contributed by atoms with Crippen molar-refractivity contribution >= 4 is 29.6 Å². The van der Waals surface area contributed by atoms with Crippen LogP contribution < -0.4 is 22.1 Å². The monoisotopic (exact) mass is 355 g/mol. The van der Waals surface area contributed by atoms with Crippen molar-refractivity contribution in [1.82, 2.24) is 20.6 Å². The summed E-state index contributed by atoms with van der Waals surface area (Å²) in [6.07, 6.45) is 4.24. The molecule has 2 aliphatic heterocycles. The van der Waals surface area contributed by atoms with Crippen LogP contribution in [0.5, 0.6) is 0 Å². The molecule has 2 saturated heterocycles. The Kier molecular flexibility index (Phi) is 6.47. The molecule has 3 rings (SSSR count). The van der Waals surface area contributed by atoms with E-state index in [1.807, 2.05) is 11.8 Å². The van der Waals surface area contributed by atoms with E-state index in [4.69, 9.17) is 10.8 Å². The van der Waals surface area contributed by atoms with Crippen molar-refractivity contribution in [2.45, 2.75) is 43.0 Å². The molecule has 3 atom stereocenters. The molecule has 0 saturated carbocycles. The summed E-state index contributed by atoms with van der Waals surface area (Å²) in [7, 11) is 0. The molecule has 2 aliphatic rings. The van der Waals surface area contributed by atoms with Crippen LogP contribution in [-0.2, 0) is 4.79 Å². The van der Waals surface area contributed by atoms with Gasteiger partial charge in [-0.3, -0.25) is 9.78 Å². The molecule has 6 N–H and O–H groups in total. The maximum atomic E-state index is 11.1. The molecule has 3 heterocycles. The number of nitrogens with zero attached hydrogens (tertiary/aromatic N) is 1. The summed E-state index contributed by atoms with van der Waals surface area (Å²) in [5, 5.41) is 14.8. The summed E-state index contributed by atoms with van der Waals surface area (Å²) in [6.45, 7) is 0. The topological polar surface area (TPSA) is 150 Å². The number of fused-ring (bicyclic) bond motifs is 1. The van der Waals surface area contributed by atoms with E-state index in [9.17, 15) is 14.4 Å². The fraction of sp³-hybridized carbons (Fsp3) is 0.571. The molecule has 10 heteroatoms. The summed E-state index contributed by atoms with van der Waals surface area (Å²) in [5.41, 5.74) is 4.75. The first-order valence-electron chi connectivity index (χ1n) is 7.67. The average molecular weight is 355 g/mol. The molecule has 2 amide bonds. The third-order valence-electron chi connectivity index (χ3n) is 3.76. The Bertz CT molecular complexity index is 638. The van der Waals surface area contributed by atoms with Crippen LogP contribution in [0.1, 0.15) is 25.7 Å². The number of urea groups is 1. The average Bonchev–Trinajstić information content (AvgIpc) is 3.03. The van der Waals surface area contributed by atoms with E-state index in [1.54, 1.807) is 0 Å². The number of carboxylic acids is 1. The number of carbonyl (C=O) groups is 2. The molecule has 0 bridgehead atoms. The van der Waals surface area contributed by atoms with Gasteiger partial charge in [0.1, 0.15) is 5.82 Å². The van der Waals surface area contributed by atoms with Crippen molar-refractivity contribution in [3.8, 4) is 0 Å². The molecular weight excluding hydrogens is 334 g/mol. The van der Waals surface area contributed by atoms with Crippen LogP contribution in [-0.4, -0.2) is 50.2 Å². The lowest BCUT2D eigenvalue weighted by Gasteiger charge is -2.16. The number of H-pyrrole nitrogens is 1. The number of aromatic amines is 1. The van der Waals surface area contributed by atoms with Gasteiger partial charge in [0.15, 0.2) is 0 Å². The number of nitrogens with two attached hydrogens (primary N) is 1. The summed E-state index contributed by atoms with van der Waals surface area (Å²) in [6, 6.07) is 1.96. The Morgan fingerprint density at radius 2 is 2.17 bits per heavy atom. The Balaban J connectivity index is 0.000000219. The van der Waals surface area contributed by atoms with Gasteiger partial charge in [-0.1, -0.05) is 6.42 Å². The smallest absolute Gasteiger partial charge is 0.346 e. The van der Waals surface area contributed by atoms with Gasteiger partial charge < -0.3 is 21.5 Å². The highest BCUT2D eigenvalue weighted by Gasteiger charge is 2.42. The van der Waals surface area contributed by atoms with Gasteiger partial charge in [-0.25, -0.2) is 14.6 Å². The SMILES string of the molecule is Nc1ccnc(=O)[nH]1.O=C(O)CCCC[C@@H]1SC[C@@H]2NC(=O)N[C@@H]21. The van der Waals surface area contributed by atoms with Crippen LogP contribution in [0.4, 0.5) is 10.6 Å². The first kappa shape index (κ1) is 18.1. The van der Waals surface area contributed by atoms with Crippen molar-refractivity contribution in [2.75, 3.05) is 11.5 Å². The van der Waals surface area contributed by atoms with E-state index in [2.05, 4.69) is 20.6 Å². The van der Waals surface area contributed by atoms with Gasteiger partial charge in [-0.05, 0) is 18.9 Å². The van der Waals surface area contributed by atoms with Gasteiger partial charge in [-0.2, -0.15) is 11.8 Å². The van der Waals surface area contributed by atoms with E-state index in [0.29, 0.717) is 11.1 Å². The third kappa shape index (κ3) is 5.44. The minimum atomic E-state index is -0.729. The maximum absolute atomic E-state index is 11.1. The Morgan fingerprint density at radius 1 is 1.38 bits per heavy atom. The van der Waals surface area contributed by atoms with Crippen molar-refractivity contribution in [2.24, 2.45) is 0 Å². The molecule has 132 valence electrons. The first-order chi connectivity index (χ1) is 11.5. The number of hydrogen-bond acceptors (Lipinski definition) is 6. The minimum absolute atomic E-state index is 0.0640. The number of carboxylic acid groups (broad SMARTS) is 1. The van der Waals surface area contributed by atoms with Crippen molar-refractivity contribution in [3.05, 3.63) is 22.7 Å². The lowest BCUT2D eigenvalue weighted by Crippen LogP contribution is -2.36. The fourth-order valence-corrected chi connectivity index (χ4v) is 4.19. The molecular formula is C14H21N5O4S. The van der Waals surface area contributed by atoms with Crippen LogP contribution >= 0.6 is 11.8 Å². The third-order valence-corrected chi connectivity index (χ3v) is 5.27. The van der Waals surface area contributed by atoms with Crippen LogP contribution in [0, 0.1) is 0 Å². The van der Waals surface area contributed by atoms with Gasteiger partial charge in [-0.15, -0.1) is 0 Å². The quantitative estimate of drug-likeness (QED) is 0.372. The molecule has 9 nitrogen and oxygen atoms in total. The second kappa shape index (κ2) is 8.57. The summed E-state index contributed by atoms with van der Waals surface area (Å²) < 4.78 is 0. The first-order valence-corrected chi connectivity index (χ1v) is 8.72. The van der Waals surface area contributed by atoms with Gasteiger partial charge in [0.25, 0.3) is 0 Å². The van der Waals surface area contributed by atoms with E-state index >= 15 is 0 Å². The predicted molar refractivity (Wildman–Crippen MR) is 90.9 cm³/mol. The minimum Gasteiger partial charge on any atom is -0.481 e. The van der Waals surface area contributed by atoms with E-state index < -0.39 is 11.7 Å². The Hall–Kier alpha value is -2.23. The highest BCUT2D eigenvalue weighted by atomic mass is 32.2. The second-order valence-electron chi connectivity index (χ2n) is 5.59. The van der Waals surface area contributed by atoms with E-state index in [0.717, 1.165) is 25.0 Å². The van der Waals surface area contributed by atoms with Crippen molar-refractivity contribution in [3.63, 3.8) is 0 Å². The highest BCUT2D eigenvalue weighted by Crippen LogP contribution is 2.33. The predicted octanol–water partition coefficient (Wildman–Crippen LogP) is 0.149. The Morgan fingerprint density at radius 3 is 2.79 bits per heavy atom. The van der Waals surface area contributed by atoms with Gasteiger partial charge in [0.2, 0.25) is 0 Å². The summed E-state index contributed by atoms with van der Waals surface area (Å²) in [4.78, 5) is 37.3. The van der Waals surface area contributed by atoms with Crippen LogP contribution in [0.3, 0.4) is 0 Å².